The summed E-state index contributed by atoms with van der Waals surface area (Å²) in [7, 11) is 0. The Bertz CT molecular complexity index is 3100. The molecule has 3 aliphatic rings. The molecule has 5 aromatic carbocycles. The van der Waals surface area contributed by atoms with Crippen LogP contribution < -0.4 is 10.6 Å². The normalized spacial score (nSPS) is 19.6. The van der Waals surface area contributed by atoms with Crippen molar-refractivity contribution in [2.24, 2.45) is 17.8 Å². The SMILES string of the molecule is Cc1ccc(C(=O)N2CCC[C@H](C(=O)Nc3cc(-c4ccn(-c5cccc(C6[C@@H](C(=O)Nc7cccc(C(C)(C)C)c7)CCCN6C(=O)c6c(C)cccc6F)c5)c4)cc(C(C)(C)C)c3)[C@@H]2CC2CCCCC2)c(C)c1. The topological polar surface area (TPSA) is 104 Å². The van der Waals surface area contributed by atoms with Crippen LogP contribution in [0.1, 0.15) is 166 Å². The number of hydrogen-bond acceptors (Lipinski definition) is 4. The zero-order valence-corrected chi connectivity index (χ0v) is 46.3. The summed E-state index contributed by atoms with van der Waals surface area (Å²) in [5.74, 6) is -1.72. The van der Waals surface area contributed by atoms with E-state index in [1.165, 1.54) is 25.3 Å². The molecule has 4 amide bonds. The van der Waals surface area contributed by atoms with Crippen LogP contribution in [0, 0.1) is 44.3 Å². The van der Waals surface area contributed by atoms with Crippen LogP contribution in [0.15, 0.2) is 122 Å². The Balaban J connectivity index is 1.02. The number of piperidine rings is 2. The zero-order chi connectivity index (χ0) is 54.1. The van der Waals surface area contributed by atoms with E-state index in [9.17, 15) is 19.2 Å². The van der Waals surface area contributed by atoms with Gasteiger partial charge in [0.05, 0.1) is 23.4 Å². The molecule has 2 aliphatic heterocycles. The Morgan fingerprint density at radius 1 is 0.592 bits per heavy atom. The molecule has 0 radical (unpaired) electrons. The van der Waals surface area contributed by atoms with Crippen LogP contribution in [0.4, 0.5) is 15.8 Å². The maximum Gasteiger partial charge on any atom is 0.257 e. The van der Waals surface area contributed by atoms with E-state index in [0.717, 1.165) is 82.4 Å². The van der Waals surface area contributed by atoms with E-state index < -0.39 is 23.7 Å². The predicted octanol–water partition coefficient (Wildman–Crippen LogP) is 14.9. The minimum absolute atomic E-state index is 0.0215. The summed E-state index contributed by atoms with van der Waals surface area (Å²) >= 11 is 0. The Hall–Kier alpha value is -6.81. The van der Waals surface area contributed by atoms with Gasteiger partial charge in [0.15, 0.2) is 0 Å². The first-order valence-corrected chi connectivity index (χ1v) is 27.8. The molecule has 2 saturated heterocycles. The van der Waals surface area contributed by atoms with Gasteiger partial charge < -0.3 is 25.0 Å². The first-order chi connectivity index (χ1) is 36.2. The van der Waals surface area contributed by atoms with Gasteiger partial charge in [-0.2, -0.15) is 0 Å². The van der Waals surface area contributed by atoms with Gasteiger partial charge in [-0.25, -0.2) is 4.39 Å². The van der Waals surface area contributed by atoms with E-state index >= 15 is 4.39 Å². The molecule has 3 fully saturated rings. The second-order valence-electron chi connectivity index (χ2n) is 24.3. The number of amides is 4. The van der Waals surface area contributed by atoms with Crippen molar-refractivity contribution in [1.29, 1.82) is 0 Å². The number of carbonyl (C=O) groups is 4. The molecule has 0 spiro atoms. The second kappa shape index (κ2) is 22.4. The van der Waals surface area contributed by atoms with E-state index in [-0.39, 0.29) is 46.1 Å². The zero-order valence-electron chi connectivity index (χ0n) is 46.3. The minimum Gasteiger partial charge on any atom is -0.335 e. The third kappa shape index (κ3) is 11.9. The standard InChI is InChI=1S/C66H78FN5O4/c1-42-28-29-54(44(3)34-42)63(75)71-31-16-25-55(58(71)35-45-19-11-10-12-20-45)61(73)69-52-37-48(36-50(40-52)66(7,8)9)47-30-33-70(41-47)53-24-14-21-46(38-53)60-56(62(74)68-51-23-15-22-49(39-51)65(4,5)6)26-17-32-72(60)64(76)59-43(2)18-13-27-57(59)67/h13-15,18,21-24,27-30,33-34,36-41,45,55-56,58,60H,10-12,16-17,19-20,25-26,31-32,35H2,1-9H3,(H,68,74)(H,69,73)/t55-,56-,58-,60?/m0/s1. The highest BCUT2D eigenvalue weighted by Gasteiger charge is 2.42. The summed E-state index contributed by atoms with van der Waals surface area (Å²) in [4.78, 5) is 62.3. The lowest BCUT2D eigenvalue weighted by Gasteiger charge is -2.43. The molecule has 398 valence electrons. The molecular formula is C66H78FN5O4. The number of aromatic nitrogens is 1. The van der Waals surface area contributed by atoms with Crippen LogP contribution in [-0.2, 0) is 20.4 Å². The van der Waals surface area contributed by atoms with Crippen molar-refractivity contribution in [2.45, 2.75) is 149 Å². The maximum atomic E-state index is 15.6. The van der Waals surface area contributed by atoms with E-state index in [4.69, 9.17) is 0 Å². The van der Waals surface area contributed by atoms with Crippen molar-refractivity contribution >= 4 is 35.0 Å². The molecule has 6 aromatic rings. The molecule has 2 N–H and O–H groups in total. The third-order valence-electron chi connectivity index (χ3n) is 16.6. The molecule has 76 heavy (non-hydrogen) atoms. The molecule has 9 nitrogen and oxygen atoms in total. The number of rotatable bonds is 11. The lowest BCUT2D eigenvalue weighted by Crippen LogP contribution is -2.52. The van der Waals surface area contributed by atoms with Crippen molar-refractivity contribution < 1.29 is 23.6 Å². The highest BCUT2D eigenvalue weighted by Crippen LogP contribution is 2.41. The van der Waals surface area contributed by atoms with E-state index in [1.54, 1.807) is 24.0 Å². The Morgan fingerprint density at radius 2 is 1.26 bits per heavy atom. The Kier molecular flexibility index (Phi) is 15.9. The highest BCUT2D eigenvalue weighted by molar-refractivity contribution is 5.99. The van der Waals surface area contributed by atoms with Crippen LogP contribution >= 0.6 is 0 Å². The summed E-state index contributed by atoms with van der Waals surface area (Å²) in [6, 6.07) is 34.1. The van der Waals surface area contributed by atoms with Crippen molar-refractivity contribution in [3.05, 3.63) is 172 Å². The highest BCUT2D eigenvalue weighted by atomic mass is 19.1. The minimum atomic E-state index is -0.681. The number of nitrogens with zero attached hydrogens (tertiary/aromatic N) is 3. The molecule has 1 saturated carbocycles. The Morgan fingerprint density at radius 3 is 1.99 bits per heavy atom. The quantitative estimate of drug-likeness (QED) is 0.135. The molecule has 1 aromatic heterocycles. The average Bonchev–Trinajstić information content (AvgIpc) is 3.92. The molecule has 9 rings (SSSR count). The lowest BCUT2D eigenvalue weighted by molar-refractivity contribution is -0.124. The molecule has 10 heteroatoms. The largest absolute Gasteiger partial charge is 0.335 e. The van der Waals surface area contributed by atoms with Gasteiger partial charge in [-0.3, -0.25) is 19.2 Å². The molecular weight excluding hydrogens is 946 g/mol. The van der Waals surface area contributed by atoms with Crippen molar-refractivity contribution in [3.63, 3.8) is 0 Å². The van der Waals surface area contributed by atoms with Crippen LogP contribution in [0.5, 0.6) is 0 Å². The van der Waals surface area contributed by atoms with Gasteiger partial charge in [0, 0.05) is 54.2 Å². The molecule has 4 atom stereocenters. The number of carbonyl (C=O) groups excluding carboxylic acids is 4. The number of benzene rings is 5. The fourth-order valence-electron chi connectivity index (χ4n) is 12.3. The number of anilines is 2. The van der Waals surface area contributed by atoms with Crippen molar-refractivity contribution in [3.8, 4) is 16.8 Å². The lowest BCUT2D eigenvalue weighted by atomic mass is 9.78. The van der Waals surface area contributed by atoms with Gasteiger partial charge in [0.1, 0.15) is 5.82 Å². The van der Waals surface area contributed by atoms with Gasteiger partial charge in [-0.15, -0.1) is 0 Å². The summed E-state index contributed by atoms with van der Waals surface area (Å²) in [5, 5.41) is 6.60. The number of halogens is 1. The second-order valence-corrected chi connectivity index (χ2v) is 24.3. The van der Waals surface area contributed by atoms with Gasteiger partial charge in [0.2, 0.25) is 11.8 Å². The third-order valence-corrected chi connectivity index (χ3v) is 16.6. The summed E-state index contributed by atoms with van der Waals surface area (Å²) in [6.45, 7) is 19.7. The van der Waals surface area contributed by atoms with Crippen LogP contribution in [0.2, 0.25) is 0 Å². The van der Waals surface area contributed by atoms with Gasteiger partial charge in [0.25, 0.3) is 11.8 Å². The van der Waals surface area contributed by atoms with Crippen molar-refractivity contribution in [1.82, 2.24) is 14.4 Å². The fraction of sp³-hybridized carbons (Fsp3) is 0.424. The smallest absolute Gasteiger partial charge is 0.257 e. The van der Waals surface area contributed by atoms with Crippen LogP contribution in [0.3, 0.4) is 0 Å². The Labute approximate surface area is 450 Å². The molecule has 1 aliphatic carbocycles. The average molecular weight is 1020 g/mol. The number of hydrogen-bond donors (Lipinski definition) is 2. The molecule has 1 unspecified atom stereocenters. The van der Waals surface area contributed by atoms with E-state index in [1.807, 2.05) is 84.1 Å². The number of likely N-dealkylation sites (tertiary alicyclic amines) is 2. The van der Waals surface area contributed by atoms with Gasteiger partial charge in [-0.1, -0.05) is 134 Å². The van der Waals surface area contributed by atoms with Gasteiger partial charge >= 0.3 is 0 Å². The fourth-order valence-corrected chi connectivity index (χ4v) is 12.3. The monoisotopic (exact) mass is 1020 g/mol. The molecule has 3 heterocycles. The summed E-state index contributed by atoms with van der Waals surface area (Å²) in [6.07, 6.45) is 13.4. The van der Waals surface area contributed by atoms with E-state index in [2.05, 4.69) is 94.8 Å². The summed E-state index contributed by atoms with van der Waals surface area (Å²) < 4.78 is 17.6. The number of nitrogens with one attached hydrogen (secondary N) is 2. The van der Waals surface area contributed by atoms with Crippen LogP contribution in [-0.4, -0.2) is 57.1 Å². The molecule has 0 bridgehead atoms. The van der Waals surface area contributed by atoms with E-state index in [0.29, 0.717) is 48.7 Å². The van der Waals surface area contributed by atoms with Gasteiger partial charge in [-0.05, 0) is 163 Å². The van der Waals surface area contributed by atoms with Crippen molar-refractivity contribution in [2.75, 3.05) is 23.7 Å². The van der Waals surface area contributed by atoms with Crippen LogP contribution in [0.25, 0.3) is 16.8 Å². The number of aryl methyl sites for hydroxylation is 3. The first-order valence-electron chi connectivity index (χ1n) is 27.8. The maximum absolute atomic E-state index is 15.6. The first kappa shape index (κ1) is 54.0. The summed E-state index contributed by atoms with van der Waals surface area (Å²) in [5.41, 5.74) is 10.1. The predicted molar refractivity (Wildman–Crippen MR) is 305 cm³/mol.